The molecule has 0 aliphatic carbocycles. The number of rotatable bonds is 4. The average molecular weight is 281 g/mol. The molecule has 0 saturated carbocycles. The topological polar surface area (TPSA) is 72.2 Å². The fourth-order valence-electron chi connectivity index (χ4n) is 1.05. The van der Waals surface area contributed by atoms with E-state index in [2.05, 4.69) is 0 Å². The van der Waals surface area contributed by atoms with Crippen LogP contribution in [-0.4, -0.2) is 15.9 Å². The molecule has 88 valence electrons. The molecule has 0 spiro atoms. The first kappa shape index (κ1) is 13.4. The lowest BCUT2D eigenvalue weighted by molar-refractivity contribution is -0.118. The monoisotopic (exact) mass is 280 g/mol. The van der Waals surface area contributed by atoms with Crippen molar-refractivity contribution in [2.75, 3.05) is 5.75 Å². The van der Waals surface area contributed by atoms with Crippen LogP contribution in [0.5, 0.6) is 0 Å². The van der Waals surface area contributed by atoms with Crippen molar-refractivity contribution < 1.29 is 9.00 Å². The van der Waals surface area contributed by atoms with Gasteiger partial charge in [0.15, 0.2) is 0 Å². The predicted octanol–water partition coefficient (Wildman–Crippen LogP) is 1.23. The Bertz CT molecular complexity index is 426. The van der Waals surface area contributed by atoms with E-state index in [-0.39, 0.29) is 11.5 Å². The minimum absolute atomic E-state index is 0.143. The van der Waals surface area contributed by atoms with E-state index in [0.29, 0.717) is 15.6 Å². The highest BCUT2D eigenvalue weighted by atomic mass is 35.5. The summed E-state index contributed by atoms with van der Waals surface area (Å²) < 4.78 is 11.5. The number of carbonyl (C=O) groups excluding carboxylic acids is 1. The van der Waals surface area contributed by atoms with Gasteiger partial charge in [0.1, 0.15) is 5.75 Å². The average Bonchev–Trinajstić information content (AvgIpc) is 2.22. The second kappa shape index (κ2) is 6.20. The van der Waals surface area contributed by atoms with Crippen molar-refractivity contribution in [3.8, 4) is 0 Å². The molecule has 1 amide bonds. The van der Waals surface area contributed by atoms with Crippen molar-refractivity contribution in [3.63, 3.8) is 0 Å². The van der Waals surface area contributed by atoms with Gasteiger partial charge in [-0.2, -0.15) is 0 Å². The van der Waals surface area contributed by atoms with Crippen molar-refractivity contribution >= 4 is 39.9 Å². The number of carbonyl (C=O) groups is 1. The summed E-state index contributed by atoms with van der Waals surface area (Å²) >= 11 is 11.6. The Kier molecular flexibility index (Phi) is 5.21. The van der Waals surface area contributed by atoms with E-state index in [0.717, 1.165) is 0 Å². The van der Waals surface area contributed by atoms with Crippen molar-refractivity contribution in [3.05, 3.63) is 33.8 Å². The number of halogens is 2. The van der Waals surface area contributed by atoms with Gasteiger partial charge in [0.2, 0.25) is 5.91 Å². The molecule has 0 aromatic heterocycles. The molecule has 0 radical (unpaired) electrons. The first-order chi connectivity index (χ1) is 7.52. The van der Waals surface area contributed by atoms with Gasteiger partial charge < -0.3 is 0 Å². The largest absolute Gasteiger partial charge is 0.293 e. The molecule has 0 unspecified atom stereocenters. The summed E-state index contributed by atoms with van der Waals surface area (Å²) in [5.74, 6) is 4.47. The van der Waals surface area contributed by atoms with E-state index in [1.165, 1.54) is 0 Å². The number of benzene rings is 1. The van der Waals surface area contributed by atoms with Crippen molar-refractivity contribution in [1.29, 1.82) is 0 Å². The molecule has 1 aromatic rings. The van der Waals surface area contributed by atoms with Crippen LogP contribution in [0.25, 0.3) is 0 Å². The molecule has 0 bridgehead atoms. The highest BCUT2D eigenvalue weighted by molar-refractivity contribution is 7.84. The number of amides is 1. The Morgan fingerprint density at radius 3 is 2.69 bits per heavy atom. The third-order valence-corrected chi connectivity index (χ3v) is 3.59. The second-order valence-electron chi connectivity index (χ2n) is 3.03. The zero-order chi connectivity index (χ0) is 12.1. The smallest absolute Gasteiger partial charge is 0.246 e. The standard InChI is InChI=1S/C9H10Cl2N2O2S/c10-7-2-1-6(8(11)3-7)4-16(15)5-9(14)13-12/h1-3H,4-5,12H2,(H,13,14)/t16-/m0/s1. The number of nitrogens with one attached hydrogen (secondary N) is 1. The molecular weight excluding hydrogens is 271 g/mol. The minimum atomic E-state index is -1.34. The van der Waals surface area contributed by atoms with Gasteiger partial charge in [-0.15, -0.1) is 0 Å². The van der Waals surface area contributed by atoms with Crippen molar-refractivity contribution in [2.45, 2.75) is 5.75 Å². The number of hydrazine groups is 1. The van der Waals surface area contributed by atoms with Gasteiger partial charge in [0, 0.05) is 20.8 Å². The molecular formula is C9H10Cl2N2O2S. The quantitative estimate of drug-likeness (QED) is 0.495. The van der Waals surface area contributed by atoms with Crippen LogP contribution in [0.2, 0.25) is 10.0 Å². The van der Waals surface area contributed by atoms with E-state index in [1.807, 2.05) is 5.43 Å². The zero-order valence-electron chi connectivity index (χ0n) is 8.20. The summed E-state index contributed by atoms with van der Waals surface area (Å²) in [6.07, 6.45) is 0. The maximum absolute atomic E-state index is 11.5. The normalized spacial score (nSPS) is 12.2. The molecule has 1 aromatic carbocycles. The van der Waals surface area contributed by atoms with Crippen LogP contribution in [0.1, 0.15) is 5.56 Å². The Hall–Kier alpha value is -0.620. The summed E-state index contributed by atoms with van der Waals surface area (Å²) in [5, 5.41) is 0.952. The highest BCUT2D eigenvalue weighted by Crippen LogP contribution is 2.22. The molecule has 16 heavy (non-hydrogen) atoms. The molecule has 4 nitrogen and oxygen atoms in total. The van der Waals surface area contributed by atoms with Crippen LogP contribution in [0, 0.1) is 0 Å². The second-order valence-corrected chi connectivity index (χ2v) is 5.33. The number of nitrogens with two attached hydrogens (primary N) is 1. The first-order valence-corrected chi connectivity index (χ1v) is 6.55. The van der Waals surface area contributed by atoms with Gasteiger partial charge in [-0.1, -0.05) is 29.3 Å². The molecule has 0 aliphatic heterocycles. The summed E-state index contributed by atoms with van der Waals surface area (Å²) in [5.41, 5.74) is 2.61. The summed E-state index contributed by atoms with van der Waals surface area (Å²) in [7, 11) is -1.34. The lowest BCUT2D eigenvalue weighted by atomic mass is 10.2. The van der Waals surface area contributed by atoms with E-state index in [9.17, 15) is 9.00 Å². The van der Waals surface area contributed by atoms with Crippen molar-refractivity contribution in [2.24, 2.45) is 5.84 Å². The van der Waals surface area contributed by atoms with Gasteiger partial charge in [0.25, 0.3) is 0 Å². The molecule has 0 saturated heterocycles. The van der Waals surface area contributed by atoms with Crippen LogP contribution in [0.15, 0.2) is 18.2 Å². The highest BCUT2D eigenvalue weighted by Gasteiger charge is 2.09. The Balaban J connectivity index is 2.66. The van der Waals surface area contributed by atoms with Crippen LogP contribution in [-0.2, 0) is 21.3 Å². The summed E-state index contributed by atoms with van der Waals surface area (Å²) in [6, 6.07) is 4.91. The molecule has 1 rings (SSSR count). The maximum Gasteiger partial charge on any atom is 0.246 e. The Morgan fingerprint density at radius 1 is 1.44 bits per heavy atom. The van der Waals surface area contributed by atoms with Crippen LogP contribution < -0.4 is 11.3 Å². The molecule has 0 heterocycles. The lowest BCUT2D eigenvalue weighted by Crippen LogP contribution is -2.34. The van der Waals surface area contributed by atoms with Crippen LogP contribution in [0.4, 0.5) is 0 Å². The molecule has 0 fully saturated rings. The third kappa shape index (κ3) is 4.09. The van der Waals surface area contributed by atoms with Crippen LogP contribution in [0.3, 0.4) is 0 Å². The van der Waals surface area contributed by atoms with Gasteiger partial charge in [0.05, 0.1) is 5.75 Å². The van der Waals surface area contributed by atoms with Gasteiger partial charge in [-0.25, -0.2) is 5.84 Å². The molecule has 7 heteroatoms. The fourth-order valence-corrected chi connectivity index (χ4v) is 2.68. The van der Waals surface area contributed by atoms with E-state index >= 15 is 0 Å². The van der Waals surface area contributed by atoms with Crippen LogP contribution >= 0.6 is 23.2 Å². The first-order valence-electron chi connectivity index (χ1n) is 4.31. The summed E-state index contributed by atoms with van der Waals surface area (Å²) in [6.45, 7) is 0. The van der Waals surface area contributed by atoms with Gasteiger partial charge >= 0.3 is 0 Å². The summed E-state index contributed by atoms with van der Waals surface area (Å²) in [4.78, 5) is 10.9. The fraction of sp³-hybridized carbons (Fsp3) is 0.222. The molecule has 3 N–H and O–H groups in total. The Morgan fingerprint density at radius 2 is 2.12 bits per heavy atom. The molecule has 1 atom stereocenters. The van der Waals surface area contributed by atoms with E-state index in [1.54, 1.807) is 18.2 Å². The third-order valence-electron chi connectivity index (χ3n) is 1.78. The number of hydrogen-bond acceptors (Lipinski definition) is 3. The SMILES string of the molecule is NNC(=O)C[S@@](=O)Cc1ccc(Cl)cc1Cl. The molecule has 0 aliphatic rings. The van der Waals surface area contributed by atoms with Gasteiger partial charge in [-0.3, -0.25) is 14.4 Å². The van der Waals surface area contributed by atoms with E-state index < -0.39 is 16.7 Å². The minimum Gasteiger partial charge on any atom is -0.293 e. The lowest BCUT2D eigenvalue weighted by Gasteiger charge is -2.04. The predicted molar refractivity (Wildman–Crippen MR) is 65.5 cm³/mol. The van der Waals surface area contributed by atoms with E-state index in [4.69, 9.17) is 29.0 Å². The maximum atomic E-state index is 11.5. The Labute approximate surface area is 106 Å². The van der Waals surface area contributed by atoms with Crippen molar-refractivity contribution in [1.82, 2.24) is 5.43 Å². The zero-order valence-corrected chi connectivity index (χ0v) is 10.5. The number of hydrogen-bond donors (Lipinski definition) is 2. The van der Waals surface area contributed by atoms with Gasteiger partial charge in [-0.05, 0) is 17.7 Å².